The minimum absolute atomic E-state index is 0.345. The Hall–Kier alpha value is -1.95. The molecule has 2 aromatic heterocycles. The zero-order valence-electron chi connectivity index (χ0n) is 15.3. The summed E-state index contributed by atoms with van der Waals surface area (Å²) in [7, 11) is 0. The Bertz CT molecular complexity index is 927. The van der Waals surface area contributed by atoms with E-state index in [0.29, 0.717) is 17.5 Å². The molecular formula is C22H23N3OS. The molecule has 2 aliphatic rings. The van der Waals surface area contributed by atoms with Crippen LogP contribution in [0.5, 0.6) is 0 Å². The maximum atomic E-state index is 6.11. The Morgan fingerprint density at radius 1 is 1.04 bits per heavy atom. The van der Waals surface area contributed by atoms with Crippen LogP contribution in [-0.4, -0.2) is 44.6 Å². The fourth-order valence-corrected chi connectivity index (χ4v) is 5.73. The molecule has 3 aromatic rings. The third-order valence-electron chi connectivity index (χ3n) is 5.43. The minimum Gasteiger partial charge on any atom is -0.371 e. The SMILES string of the molecule is c1ccc(CO[C@H]2CSC3(C2)CN(Cc2ccc4ccccc4n2)C3)nc1. The molecule has 4 heterocycles. The largest absolute Gasteiger partial charge is 0.371 e. The van der Waals surface area contributed by atoms with Crippen molar-refractivity contribution in [2.75, 3.05) is 18.8 Å². The number of rotatable bonds is 5. The minimum atomic E-state index is 0.345. The predicted molar refractivity (Wildman–Crippen MR) is 110 cm³/mol. The topological polar surface area (TPSA) is 38.2 Å². The molecule has 2 saturated heterocycles. The standard InChI is InChI=1S/C22H23N3OS/c1-2-7-21-17(5-1)8-9-18(24-21)12-25-15-22(16-25)11-20(14-27-22)26-13-19-6-3-4-10-23-19/h1-10,20H,11-16H2/t20-/m1/s1. The fourth-order valence-electron chi connectivity index (χ4n) is 4.12. The highest BCUT2D eigenvalue weighted by atomic mass is 32.2. The van der Waals surface area contributed by atoms with E-state index in [0.717, 1.165) is 48.7 Å². The quantitative estimate of drug-likeness (QED) is 0.674. The van der Waals surface area contributed by atoms with E-state index in [1.54, 1.807) is 0 Å². The van der Waals surface area contributed by atoms with Crippen LogP contribution in [0.1, 0.15) is 17.8 Å². The van der Waals surface area contributed by atoms with Gasteiger partial charge in [-0.15, -0.1) is 11.8 Å². The van der Waals surface area contributed by atoms with E-state index < -0.39 is 0 Å². The molecule has 4 nitrogen and oxygen atoms in total. The van der Waals surface area contributed by atoms with E-state index >= 15 is 0 Å². The average molecular weight is 378 g/mol. The monoisotopic (exact) mass is 377 g/mol. The third-order valence-corrected chi connectivity index (χ3v) is 7.01. The summed E-state index contributed by atoms with van der Waals surface area (Å²) in [5.41, 5.74) is 3.26. The van der Waals surface area contributed by atoms with Crippen molar-refractivity contribution in [3.05, 3.63) is 72.2 Å². The van der Waals surface area contributed by atoms with E-state index in [4.69, 9.17) is 9.72 Å². The highest BCUT2D eigenvalue weighted by Crippen LogP contribution is 2.46. The first kappa shape index (κ1) is 17.2. The number of ether oxygens (including phenoxy) is 1. The molecule has 27 heavy (non-hydrogen) atoms. The van der Waals surface area contributed by atoms with Crippen LogP contribution >= 0.6 is 11.8 Å². The lowest BCUT2D eigenvalue weighted by Gasteiger charge is -2.47. The van der Waals surface area contributed by atoms with Gasteiger partial charge in [-0.2, -0.15) is 0 Å². The lowest BCUT2D eigenvalue weighted by atomic mass is 9.92. The molecule has 5 heteroatoms. The van der Waals surface area contributed by atoms with Crippen LogP contribution in [0, 0.1) is 0 Å². The molecule has 1 spiro atoms. The molecular weight excluding hydrogens is 354 g/mol. The van der Waals surface area contributed by atoms with E-state index in [9.17, 15) is 0 Å². The molecule has 2 aliphatic heterocycles. The summed E-state index contributed by atoms with van der Waals surface area (Å²) in [6.45, 7) is 3.82. The molecule has 2 fully saturated rings. The smallest absolute Gasteiger partial charge is 0.0892 e. The van der Waals surface area contributed by atoms with Crippen LogP contribution in [-0.2, 0) is 17.9 Å². The first-order chi connectivity index (χ1) is 13.3. The zero-order valence-corrected chi connectivity index (χ0v) is 16.1. The van der Waals surface area contributed by atoms with Gasteiger partial charge in [-0.25, -0.2) is 0 Å². The van der Waals surface area contributed by atoms with Crippen molar-refractivity contribution in [3.8, 4) is 0 Å². The second-order valence-electron chi connectivity index (χ2n) is 7.59. The van der Waals surface area contributed by atoms with Gasteiger partial charge in [0.1, 0.15) is 0 Å². The summed E-state index contributed by atoms with van der Waals surface area (Å²) in [6, 6.07) is 18.6. The lowest BCUT2D eigenvalue weighted by Crippen LogP contribution is -2.58. The molecule has 0 N–H and O–H groups in total. The number of nitrogens with zero attached hydrogens (tertiary/aromatic N) is 3. The average Bonchev–Trinajstić information content (AvgIpc) is 3.11. The van der Waals surface area contributed by atoms with Gasteiger partial charge in [-0.3, -0.25) is 14.9 Å². The molecule has 0 amide bonds. The van der Waals surface area contributed by atoms with Gasteiger partial charge in [0.2, 0.25) is 0 Å². The number of aromatic nitrogens is 2. The van der Waals surface area contributed by atoms with Gasteiger partial charge < -0.3 is 4.74 Å². The number of para-hydroxylation sites is 1. The Morgan fingerprint density at radius 2 is 1.93 bits per heavy atom. The Morgan fingerprint density at radius 3 is 2.81 bits per heavy atom. The van der Waals surface area contributed by atoms with Gasteiger partial charge in [-0.05, 0) is 30.7 Å². The Labute approximate surface area is 164 Å². The van der Waals surface area contributed by atoms with Crippen LogP contribution in [0.2, 0.25) is 0 Å². The van der Waals surface area contributed by atoms with Crippen LogP contribution in [0.4, 0.5) is 0 Å². The summed E-state index contributed by atoms with van der Waals surface area (Å²) in [4.78, 5) is 11.7. The molecule has 1 aromatic carbocycles. The number of fused-ring (bicyclic) bond motifs is 1. The Balaban J connectivity index is 1.13. The van der Waals surface area contributed by atoms with Gasteiger partial charge in [0.05, 0.1) is 29.6 Å². The normalized spacial score (nSPS) is 21.6. The molecule has 0 radical (unpaired) electrons. The van der Waals surface area contributed by atoms with Gasteiger partial charge in [0, 0.05) is 41.7 Å². The molecule has 0 unspecified atom stereocenters. The summed E-state index contributed by atoms with van der Waals surface area (Å²) in [6.07, 6.45) is 3.32. The summed E-state index contributed by atoms with van der Waals surface area (Å²) in [5.74, 6) is 1.09. The first-order valence-corrected chi connectivity index (χ1v) is 10.5. The number of pyridine rings is 2. The number of benzene rings is 1. The van der Waals surface area contributed by atoms with E-state index in [2.05, 4.69) is 58.0 Å². The van der Waals surface area contributed by atoms with E-state index in [1.807, 2.05) is 24.4 Å². The molecule has 138 valence electrons. The van der Waals surface area contributed by atoms with Gasteiger partial charge in [-0.1, -0.05) is 30.3 Å². The fraction of sp³-hybridized carbons (Fsp3) is 0.364. The van der Waals surface area contributed by atoms with Gasteiger partial charge in [0.25, 0.3) is 0 Å². The summed E-state index contributed by atoms with van der Waals surface area (Å²) < 4.78 is 6.49. The molecule has 0 bridgehead atoms. The van der Waals surface area contributed by atoms with Crippen LogP contribution in [0.15, 0.2) is 60.8 Å². The van der Waals surface area contributed by atoms with Gasteiger partial charge in [0.15, 0.2) is 0 Å². The molecule has 0 saturated carbocycles. The lowest BCUT2D eigenvalue weighted by molar-refractivity contribution is 0.0248. The highest BCUT2D eigenvalue weighted by Gasteiger charge is 2.49. The maximum absolute atomic E-state index is 6.11. The predicted octanol–water partition coefficient (Wildman–Crippen LogP) is 3.91. The summed E-state index contributed by atoms with van der Waals surface area (Å²) in [5, 5.41) is 1.21. The maximum Gasteiger partial charge on any atom is 0.0892 e. The number of thioether (sulfide) groups is 1. The third kappa shape index (κ3) is 3.72. The number of likely N-dealkylation sites (tertiary alicyclic amines) is 1. The van der Waals surface area contributed by atoms with Crippen molar-refractivity contribution < 1.29 is 4.74 Å². The van der Waals surface area contributed by atoms with E-state index in [-0.39, 0.29) is 0 Å². The molecule has 0 aliphatic carbocycles. The van der Waals surface area contributed by atoms with Crippen molar-refractivity contribution in [3.63, 3.8) is 0 Å². The van der Waals surface area contributed by atoms with Crippen LogP contribution < -0.4 is 0 Å². The van der Waals surface area contributed by atoms with Crippen molar-refractivity contribution in [1.29, 1.82) is 0 Å². The van der Waals surface area contributed by atoms with Crippen LogP contribution in [0.3, 0.4) is 0 Å². The second kappa shape index (κ2) is 7.23. The number of hydrogen-bond donors (Lipinski definition) is 0. The van der Waals surface area contributed by atoms with Crippen LogP contribution in [0.25, 0.3) is 10.9 Å². The van der Waals surface area contributed by atoms with Gasteiger partial charge >= 0.3 is 0 Å². The molecule has 5 rings (SSSR count). The molecule has 1 atom stereocenters. The number of hydrogen-bond acceptors (Lipinski definition) is 5. The van der Waals surface area contributed by atoms with Crippen molar-refractivity contribution in [2.24, 2.45) is 0 Å². The summed E-state index contributed by atoms with van der Waals surface area (Å²) >= 11 is 2.08. The Kier molecular flexibility index (Phi) is 4.60. The van der Waals surface area contributed by atoms with Crippen molar-refractivity contribution >= 4 is 22.7 Å². The van der Waals surface area contributed by atoms with Crippen molar-refractivity contribution in [2.45, 2.75) is 30.4 Å². The second-order valence-corrected chi connectivity index (χ2v) is 9.08. The highest BCUT2D eigenvalue weighted by molar-refractivity contribution is 8.01. The zero-order chi connectivity index (χ0) is 18.1. The first-order valence-electron chi connectivity index (χ1n) is 9.51. The van der Waals surface area contributed by atoms with Crippen molar-refractivity contribution in [1.82, 2.24) is 14.9 Å². The van der Waals surface area contributed by atoms with E-state index in [1.165, 1.54) is 5.39 Å².